The van der Waals surface area contributed by atoms with Crippen molar-refractivity contribution in [2.75, 3.05) is 0 Å². The van der Waals surface area contributed by atoms with Gasteiger partial charge in [-0.3, -0.25) is 0 Å². The first kappa shape index (κ1) is 11.3. The van der Waals surface area contributed by atoms with Gasteiger partial charge >= 0.3 is 0 Å². The molecule has 0 spiro atoms. The second kappa shape index (κ2) is 4.44. The topological polar surface area (TPSA) is 50.9 Å². The van der Waals surface area contributed by atoms with Gasteiger partial charge in [0.05, 0.1) is 0 Å². The van der Waals surface area contributed by atoms with Crippen LogP contribution in [0.25, 0.3) is 0 Å². The molecule has 1 N–H and O–H groups in total. The van der Waals surface area contributed by atoms with E-state index in [1.54, 1.807) is 12.1 Å². The van der Waals surface area contributed by atoms with E-state index in [-0.39, 0.29) is 0 Å². The zero-order valence-electron chi connectivity index (χ0n) is 10.5. The van der Waals surface area contributed by atoms with Gasteiger partial charge in [-0.15, -0.1) is 10.2 Å². The van der Waals surface area contributed by atoms with Crippen LogP contribution in [-0.4, -0.2) is 19.9 Å². The molecular weight excluding hydrogens is 226 g/mol. The highest BCUT2D eigenvalue weighted by Crippen LogP contribution is 2.26. The highest BCUT2D eigenvalue weighted by atomic mass is 16.3. The lowest BCUT2D eigenvalue weighted by Crippen LogP contribution is -2.16. The molecule has 0 fully saturated rings. The molecule has 0 amide bonds. The Morgan fingerprint density at radius 1 is 1.39 bits per heavy atom. The fraction of sp³-hybridized carbons (Fsp3) is 0.429. The largest absolute Gasteiger partial charge is 0.508 e. The summed E-state index contributed by atoms with van der Waals surface area (Å²) in [5.41, 5.74) is 1.07. The summed E-state index contributed by atoms with van der Waals surface area (Å²) in [6.45, 7) is 3.22. The molecular formula is C14H17N3O. The Hall–Kier alpha value is -1.84. The number of phenols is 1. The van der Waals surface area contributed by atoms with Crippen molar-refractivity contribution < 1.29 is 5.11 Å². The smallest absolute Gasteiger partial charge is 0.137 e. The summed E-state index contributed by atoms with van der Waals surface area (Å²) in [5.74, 6) is 2.92. The van der Waals surface area contributed by atoms with Gasteiger partial charge in [0.15, 0.2) is 0 Å². The Kier molecular flexibility index (Phi) is 2.78. The summed E-state index contributed by atoms with van der Waals surface area (Å²) in [5, 5.41) is 18.1. The lowest BCUT2D eigenvalue weighted by molar-refractivity contribution is 0.455. The first-order chi connectivity index (χ1) is 8.74. The van der Waals surface area contributed by atoms with Crippen LogP contribution in [0.4, 0.5) is 0 Å². The molecule has 3 rings (SSSR count). The standard InChI is InChI=1S/C14H17N3O/c1-10-4-3-7-17-13(15-16-14(10)17)9-11-5-2-6-12(18)8-11/h2,5-6,8,10,18H,3-4,7,9H2,1H3. The summed E-state index contributed by atoms with van der Waals surface area (Å²) < 4.78 is 2.23. The predicted octanol–water partition coefficient (Wildman–Crippen LogP) is 2.47. The fourth-order valence-electron chi connectivity index (χ4n) is 2.62. The van der Waals surface area contributed by atoms with E-state index in [1.165, 1.54) is 12.8 Å². The van der Waals surface area contributed by atoms with Crippen LogP contribution in [0.5, 0.6) is 5.75 Å². The lowest BCUT2D eigenvalue weighted by atomic mass is 10.0. The molecule has 94 valence electrons. The highest BCUT2D eigenvalue weighted by Gasteiger charge is 2.21. The van der Waals surface area contributed by atoms with E-state index >= 15 is 0 Å². The maximum absolute atomic E-state index is 9.48. The van der Waals surface area contributed by atoms with E-state index in [9.17, 15) is 5.11 Å². The summed E-state index contributed by atoms with van der Waals surface area (Å²) in [6, 6.07) is 7.34. The molecule has 0 aliphatic carbocycles. The Morgan fingerprint density at radius 2 is 2.28 bits per heavy atom. The summed E-state index contributed by atoms with van der Waals surface area (Å²) in [4.78, 5) is 0. The van der Waals surface area contributed by atoms with Gasteiger partial charge < -0.3 is 9.67 Å². The van der Waals surface area contributed by atoms with Crippen LogP contribution in [0.1, 0.15) is 42.9 Å². The van der Waals surface area contributed by atoms with Crippen molar-refractivity contribution in [2.45, 2.75) is 38.6 Å². The van der Waals surface area contributed by atoms with Crippen LogP contribution in [0.15, 0.2) is 24.3 Å². The maximum Gasteiger partial charge on any atom is 0.137 e. The number of hydrogen-bond donors (Lipinski definition) is 1. The summed E-state index contributed by atoms with van der Waals surface area (Å²) >= 11 is 0. The van der Waals surface area contributed by atoms with Crippen molar-refractivity contribution in [1.29, 1.82) is 0 Å². The predicted molar refractivity (Wildman–Crippen MR) is 68.6 cm³/mol. The third kappa shape index (κ3) is 1.98. The van der Waals surface area contributed by atoms with Gasteiger partial charge in [-0.05, 0) is 30.5 Å². The van der Waals surface area contributed by atoms with E-state index in [0.29, 0.717) is 11.7 Å². The molecule has 4 heteroatoms. The van der Waals surface area contributed by atoms with Gasteiger partial charge in [0.1, 0.15) is 17.4 Å². The van der Waals surface area contributed by atoms with Crippen LogP contribution < -0.4 is 0 Å². The maximum atomic E-state index is 9.48. The van der Waals surface area contributed by atoms with Crippen molar-refractivity contribution in [2.24, 2.45) is 0 Å². The molecule has 1 aromatic heterocycles. The molecule has 0 radical (unpaired) electrons. The number of phenolic OH excluding ortho intramolecular Hbond substituents is 1. The van der Waals surface area contributed by atoms with Crippen molar-refractivity contribution in [3.05, 3.63) is 41.5 Å². The first-order valence-corrected chi connectivity index (χ1v) is 6.44. The molecule has 1 aliphatic rings. The monoisotopic (exact) mass is 243 g/mol. The first-order valence-electron chi connectivity index (χ1n) is 6.44. The summed E-state index contributed by atoms with van der Waals surface area (Å²) in [7, 11) is 0. The molecule has 1 aliphatic heterocycles. The number of aromatic hydroxyl groups is 1. The Labute approximate surface area is 106 Å². The molecule has 0 saturated carbocycles. The minimum Gasteiger partial charge on any atom is -0.508 e. The molecule has 2 aromatic rings. The zero-order valence-corrected chi connectivity index (χ0v) is 10.5. The third-order valence-electron chi connectivity index (χ3n) is 3.59. The number of fused-ring (bicyclic) bond motifs is 1. The molecule has 0 bridgehead atoms. The SMILES string of the molecule is CC1CCCn2c(Cc3cccc(O)c3)nnc21. The molecule has 1 aromatic carbocycles. The molecule has 2 heterocycles. The molecule has 1 atom stereocenters. The van der Waals surface area contributed by atoms with Crippen LogP contribution in [0.2, 0.25) is 0 Å². The Morgan fingerprint density at radius 3 is 3.11 bits per heavy atom. The molecule has 1 unspecified atom stereocenters. The van der Waals surface area contributed by atoms with Gasteiger partial charge in [-0.2, -0.15) is 0 Å². The lowest BCUT2D eigenvalue weighted by Gasteiger charge is -2.20. The third-order valence-corrected chi connectivity index (χ3v) is 3.59. The fourth-order valence-corrected chi connectivity index (χ4v) is 2.62. The Balaban J connectivity index is 1.90. The normalized spacial score (nSPS) is 18.6. The molecule has 0 saturated heterocycles. The van der Waals surface area contributed by atoms with Gasteiger partial charge in [0, 0.05) is 18.9 Å². The van der Waals surface area contributed by atoms with Crippen LogP contribution in [0, 0.1) is 0 Å². The van der Waals surface area contributed by atoms with Gasteiger partial charge in [0.25, 0.3) is 0 Å². The van der Waals surface area contributed by atoms with Crippen molar-refractivity contribution >= 4 is 0 Å². The van der Waals surface area contributed by atoms with Crippen molar-refractivity contribution in [1.82, 2.24) is 14.8 Å². The zero-order chi connectivity index (χ0) is 12.5. The van der Waals surface area contributed by atoms with Crippen molar-refractivity contribution in [3.63, 3.8) is 0 Å². The quantitative estimate of drug-likeness (QED) is 0.881. The van der Waals surface area contributed by atoms with Crippen molar-refractivity contribution in [3.8, 4) is 5.75 Å². The van der Waals surface area contributed by atoms with Crippen LogP contribution >= 0.6 is 0 Å². The number of aromatic nitrogens is 3. The average Bonchev–Trinajstić information content (AvgIpc) is 2.74. The number of nitrogens with zero attached hydrogens (tertiary/aromatic N) is 3. The highest BCUT2D eigenvalue weighted by molar-refractivity contribution is 5.29. The van der Waals surface area contributed by atoms with E-state index in [4.69, 9.17) is 0 Å². The van der Waals surface area contributed by atoms with E-state index < -0.39 is 0 Å². The van der Waals surface area contributed by atoms with E-state index in [1.807, 2.05) is 12.1 Å². The Bertz CT molecular complexity index is 562. The van der Waals surface area contributed by atoms with Gasteiger partial charge in [-0.25, -0.2) is 0 Å². The van der Waals surface area contributed by atoms with E-state index in [0.717, 1.165) is 30.2 Å². The van der Waals surface area contributed by atoms with Gasteiger partial charge in [0.2, 0.25) is 0 Å². The summed E-state index contributed by atoms with van der Waals surface area (Å²) in [6.07, 6.45) is 3.12. The van der Waals surface area contributed by atoms with Crippen LogP contribution in [-0.2, 0) is 13.0 Å². The molecule has 4 nitrogen and oxygen atoms in total. The molecule has 18 heavy (non-hydrogen) atoms. The second-order valence-electron chi connectivity index (χ2n) is 5.02. The minimum atomic E-state index is 0.305. The number of rotatable bonds is 2. The van der Waals surface area contributed by atoms with E-state index in [2.05, 4.69) is 21.7 Å². The average molecular weight is 243 g/mol. The van der Waals surface area contributed by atoms with Crippen LogP contribution in [0.3, 0.4) is 0 Å². The second-order valence-corrected chi connectivity index (χ2v) is 5.02. The number of hydrogen-bond acceptors (Lipinski definition) is 3. The number of benzene rings is 1. The van der Waals surface area contributed by atoms with Gasteiger partial charge in [-0.1, -0.05) is 19.1 Å². The minimum absolute atomic E-state index is 0.305.